The van der Waals surface area contributed by atoms with Crippen LogP contribution in [-0.4, -0.2) is 48.2 Å². The smallest absolute Gasteiger partial charge is 0.505 e. The van der Waals surface area contributed by atoms with Crippen molar-refractivity contribution in [2.24, 2.45) is 0 Å². The van der Waals surface area contributed by atoms with Crippen molar-refractivity contribution in [2.45, 2.75) is 19.4 Å². The van der Waals surface area contributed by atoms with Crippen molar-refractivity contribution < 1.29 is 24.2 Å². The van der Waals surface area contributed by atoms with Crippen LogP contribution >= 0.6 is 0 Å². The molecule has 1 fully saturated rings. The van der Waals surface area contributed by atoms with Crippen LogP contribution in [0.5, 0.6) is 0 Å². The van der Waals surface area contributed by atoms with Crippen LogP contribution in [0.4, 0.5) is 0 Å². The molecule has 0 saturated carbocycles. The highest BCUT2D eigenvalue weighted by molar-refractivity contribution is 5.90. The first kappa shape index (κ1) is 18.4. The Hall–Kier alpha value is -2.92. The summed E-state index contributed by atoms with van der Waals surface area (Å²) in [6, 6.07) is 9.39. The average Bonchev–Trinajstić information content (AvgIpc) is 2.61. The summed E-state index contributed by atoms with van der Waals surface area (Å²) >= 11 is 0. The zero-order valence-electron chi connectivity index (χ0n) is 13.9. The second kappa shape index (κ2) is 8.80. The Morgan fingerprint density at radius 1 is 1.44 bits per heavy atom. The maximum absolute atomic E-state index is 11.6. The minimum absolute atomic E-state index is 0.0226. The van der Waals surface area contributed by atoms with E-state index >= 15 is 0 Å². The van der Waals surface area contributed by atoms with Gasteiger partial charge in [-0.3, -0.25) is 9.69 Å². The predicted molar refractivity (Wildman–Crippen MR) is 87.7 cm³/mol. The Kier molecular flexibility index (Phi) is 6.48. The molecule has 2 rings (SSSR count). The standard InChI is InChI=1S/C17H19N3O5/c1-2-24-17(23)16(19-18)14(21)8-9-20-10-15(22)25-11-13(20)12-6-4-3-5-7-12/h3-7,13H,2,8-11H2,1H3/p+1/t13-/m0/s1. The summed E-state index contributed by atoms with van der Waals surface area (Å²) in [5.41, 5.74) is 0.452. The number of rotatable bonds is 6. The van der Waals surface area contributed by atoms with Gasteiger partial charge in [0.25, 0.3) is 0 Å². The molecule has 132 valence electrons. The van der Waals surface area contributed by atoms with E-state index in [1.807, 2.05) is 35.2 Å². The number of aliphatic hydroxyl groups is 1. The van der Waals surface area contributed by atoms with Gasteiger partial charge in [-0.2, -0.15) is 0 Å². The molecule has 1 atom stereocenters. The fourth-order valence-corrected chi connectivity index (χ4v) is 2.60. The molecule has 1 aliphatic rings. The van der Waals surface area contributed by atoms with E-state index in [4.69, 9.17) is 14.9 Å². The zero-order chi connectivity index (χ0) is 18.2. The van der Waals surface area contributed by atoms with E-state index < -0.39 is 17.4 Å². The molecular weight excluding hydrogens is 326 g/mol. The van der Waals surface area contributed by atoms with Crippen LogP contribution in [0.1, 0.15) is 24.9 Å². The number of benzene rings is 1. The van der Waals surface area contributed by atoms with Crippen LogP contribution in [0, 0.1) is 5.39 Å². The molecule has 1 saturated heterocycles. The molecule has 1 N–H and O–H groups in total. The molecule has 8 nitrogen and oxygen atoms in total. The van der Waals surface area contributed by atoms with Gasteiger partial charge in [-0.1, -0.05) is 30.3 Å². The van der Waals surface area contributed by atoms with Crippen LogP contribution in [0.25, 0.3) is 4.98 Å². The molecule has 1 aliphatic heterocycles. The Morgan fingerprint density at radius 3 is 2.80 bits per heavy atom. The minimum atomic E-state index is -0.903. The van der Waals surface area contributed by atoms with Gasteiger partial charge in [-0.15, -0.1) is 0 Å². The summed E-state index contributed by atoms with van der Waals surface area (Å²) in [7, 11) is 0. The third kappa shape index (κ3) is 4.78. The summed E-state index contributed by atoms with van der Waals surface area (Å²) in [6.07, 6.45) is 0.0226. The molecule has 0 spiro atoms. The van der Waals surface area contributed by atoms with Gasteiger partial charge in [-0.05, 0) is 12.5 Å². The number of ether oxygens (including phenoxy) is 2. The van der Waals surface area contributed by atoms with E-state index in [1.54, 1.807) is 6.92 Å². The highest BCUT2D eigenvalue weighted by Gasteiger charge is 2.33. The number of nitrogens with zero attached hydrogens (tertiary/aromatic N) is 3. The van der Waals surface area contributed by atoms with Gasteiger partial charge in [-0.25, -0.2) is 4.79 Å². The maximum atomic E-state index is 11.6. The van der Waals surface area contributed by atoms with Gasteiger partial charge in [0.2, 0.25) is 5.39 Å². The van der Waals surface area contributed by atoms with Gasteiger partial charge in [0.1, 0.15) is 6.61 Å². The molecule has 1 aromatic carbocycles. The molecule has 25 heavy (non-hydrogen) atoms. The normalized spacial score (nSPS) is 18.7. The van der Waals surface area contributed by atoms with E-state index in [0.717, 1.165) is 5.56 Å². The predicted octanol–water partition coefficient (Wildman–Crippen LogP) is 2.16. The number of diazo groups is 1. The molecule has 0 aliphatic carbocycles. The first-order valence-corrected chi connectivity index (χ1v) is 7.95. The topological polar surface area (TPSA) is 104 Å². The SMILES string of the molecule is CCOC(=O)/C([N+]#N)=C(\O)CCN1CC(=O)OC[C@H]1c1ccccc1. The molecule has 1 aromatic rings. The summed E-state index contributed by atoms with van der Waals surface area (Å²) in [4.78, 5) is 27.9. The van der Waals surface area contributed by atoms with Gasteiger partial charge in [0, 0.05) is 13.0 Å². The number of aliphatic hydroxyl groups excluding tert-OH is 1. The van der Waals surface area contributed by atoms with Crippen LogP contribution < -0.4 is 0 Å². The van der Waals surface area contributed by atoms with Gasteiger partial charge >= 0.3 is 17.6 Å². The molecule has 8 heteroatoms. The summed E-state index contributed by atoms with van der Waals surface area (Å²) < 4.78 is 9.85. The number of cyclic esters (lactones) is 1. The summed E-state index contributed by atoms with van der Waals surface area (Å²) in [5, 5.41) is 19.0. The van der Waals surface area contributed by atoms with Gasteiger partial charge in [0.15, 0.2) is 10.7 Å². The van der Waals surface area contributed by atoms with Crippen molar-refractivity contribution in [3.8, 4) is 0 Å². The molecule has 0 aromatic heterocycles. The molecule has 0 unspecified atom stereocenters. The molecule has 0 amide bonds. The largest absolute Gasteiger partial charge is 0.505 e. The number of hydrogen-bond acceptors (Lipinski definition) is 7. The molecule has 0 bridgehead atoms. The third-order valence-corrected chi connectivity index (χ3v) is 3.84. The Labute approximate surface area is 145 Å². The van der Waals surface area contributed by atoms with Crippen molar-refractivity contribution in [3.05, 3.63) is 52.3 Å². The fourth-order valence-electron chi connectivity index (χ4n) is 2.60. The quantitative estimate of drug-likeness (QED) is 0.364. The lowest BCUT2D eigenvalue weighted by Gasteiger charge is -2.34. The fraction of sp³-hybridized carbons (Fsp3) is 0.412. The number of hydrogen-bond donors (Lipinski definition) is 1. The second-order valence-corrected chi connectivity index (χ2v) is 5.45. The summed E-state index contributed by atoms with van der Waals surface area (Å²) in [5.74, 6) is -1.65. The lowest BCUT2D eigenvalue weighted by Crippen LogP contribution is -2.43. The Bertz CT molecular complexity index is 696. The highest BCUT2D eigenvalue weighted by Crippen LogP contribution is 2.25. The van der Waals surface area contributed by atoms with Crippen molar-refractivity contribution >= 4 is 11.9 Å². The average molecular weight is 346 g/mol. The van der Waals surface area contributed by atoms with E-state index in [-0.39, 0.29) is 44.7 Å². The van der Waals surface area contributed by atoms with E-state index in [1.165, 1.54) is 0 Å². The van der Waals surface area contributed by atoms with Crippen molar-refractivity contribution in [2.75, 3.05) is 26.3 Å². The van der Waals surface area contributed by atoms with E-state index in [9.17, 15) is 14.7 Å². The second-order valence-electron chi connectivity index (χ2n) is 5.45. The lowest BCUT2D eigenvalue weighted by molar-refractivity contribution is -0.154. The number of carbonyl (C=O) groups excluding carboxylic acids is 2. The minimum Gasteiger partial charge on any atom is -0.505 e. The van der Waals surface area contributed by atoms with Crippen LogP contribution in [0.2, 0.25) is 0 Å². The first-order valence-electron chi connectivity index (χ1n) is 7.95. The van der Waals surface area contributed by atoms with Crippen LogP contribution in [-0.2, 0) is 19.1 Å². The molecule has 1 heterocycles. The summed E-state index contributed by atoms with van der Waals surface area (Å²) in [6.45, 7) is 2.26. The van der Waals surface area contributed by atoms with Crippen LogP contribution in [0.15, 0.2) is 41.8 Å². The van der Waals surface area contributed by atoms with Gasteiger partial charge in [0.05, 0.1) is 19.2 Å². The molecular formula is C17H20N3O5+. The third-order valence-electron chi connectivity index (χ3n) is 3.84. The van der Waals surface area contributed by atoms with Crippen molar-refractivity contribution in [3.63, 3.8) is 0 Å². The maximum Gasteiger partial charge on any atom is 0.505 e. The number of carbonyl (C=O) groups is 2. The number of morpholine rings is 1. The van der Waals surface area contributed by atoms with E-state index in [2.05, 4.69) is 4.98 Å². The van der Waals surface area contributed by atoms with Crippen molar-refractivity contribution in [1.82, 2.24) is 4.90 Å². The monoisotopic (exact) mass is 346 g/mol. The lowest BCUT2D eigenvalue weighted by atomic mass is 10.0. The van der Waals surface area contributed by atoms with E-state index in [0.29, 0.717) is 0 Å². The Morgan fingerprint density at radius 2 is 2.16 bits per heavy atom. The number of esters is 2. The van der Waals surface area contributed by atoms with Crippen LogP contribution in [0.3, 0.4) is 0 Å². The molecule has 0 radical (unpaired) electrons. The Balaban J connectivity index is 2.11. The van der Waals surface area contributed by atoms with Gasteiger partial charge < -0.3 is 14.6 Å². The highest BCUT2D eigenvalue weighted by atomic mass is 16.5. The zero-order valence-corrected chi connectivity index (χ0v) is 13.9. The first-order chi connectivity index (χ1) is 12.1. The van der Waals surface area contributed by atoms with Crippen molar-refractivity contribution in [1.29, 1.82) is 5.39 Å².